The Kier molecular flexibility index (Phi) is 4.45. The molecule has 1 aliphatic heterocycles. The van der Waals surface area contributed by atoms with E-state index >= 15 is 0 Å². The average molecular weight is 365 g/mol. The molecule has 3 heterocycles. The summed E-state index contributed by atoms with van der Waals surface area (Å²) < 4.78 is 7.62. The van der Waals surface area contributed by atoms with Crippen LogP contribution in [0.2, 0.25) is 0 Å². The summed E-state index contributed by atoms with van der Waals surface area (Å²) >= 11 is 0. The Morgan fingerprint density at radius 2 is 2.11 bits per heavy atom. The maximum absolute atomic E-state index is 12.2. The van der Waals surface area contributed by atoms with Crippen LogP contribution in [0.5, 0.6) is 5.75 Å². The SMILES string of the molecule is CC(COc1cc(C2CNC(=O)NC2=O)nn2ccnc12)c1ccccc1. The molecule has 0 saturated carbocycles. The number of hydrogen-bond acceptors (Lipinski definition) is 5. The minimum atomic E-state index is -0.580. The highest BCUT2D eigenvalue weighted by molar-refractivity contribution is 6.00. The van der Waals surface area contributed by atoms with E-state index in [-0.39, 0.29) is 18.4 Å². The number of nitrogens with zero attached hydrogens (tertiary/aromatic N) is 3. The van der Waals surface area contributed by atoms with Crippen molar-refractivity contribution in [2.45, 2.75) is 18.8 Å². The van der Waals surface area contributed by atoms with Crippen LogP contribution in [-0.4, -0.2) is 39.7 Å². The summed E-state index contributed by atoms with van der Waals surface area (Å²) in [7, 11) is 0. The van der Waals surface area contributed by atoms with E-state index in [1.54, 1.807) is 23.0 Å². The first-order valence-electron chi connectivity index (χ1n) is 8.72. The highest BCUT2D eigenvalue weighted by Crippen LogP contribution is 2.25. The van der Waals surface area contributed by atoms with Gasteiger partial charge in [-0.25, -0.2) is 14.3 Å². The monoisotopic (exact) mass is 365 g/mol. The number of carbonyl (C=O) groups excluding carboxylic acids is 2. The summed E-state index contributed by atoms with van der Waals surface area (Å²) in [5.74, 6) is -0.217. The highest BCUT2D eigenvalue weighted by atomic mass is 16.5. The van der Waals surface area contributed by atoms with Crippen LogP contribution in [0.25, 0.3) is 5.65 Å². The number of fused-ring (bicyclic) bond motifs is 1. The first-order valence-corrected chi connectivity index (χ1v) is 8.72. The summed E-state index contributed by atoms with van der Waals surface area (Å²) in [6.07, 6.45) is 3.33. The summed E-state index contributed by atoms with van der Waals surface area (Å²) in [5.41, 5.74) is 2.28. The number of ether oxygens (including phenoxy) is 1. The Bertz CT molecular complexity index is 985. The van der Waals surface area contributed by atoms with Gasteiger partial charge in [-0.15, -0.1) is 0 Å². The van der Waals surface area contributed by atoms with Crippen molar-refractivity contribution in [3.8, 4) is 5.75 Å². The van der Waals surface area contributed by atoms with Crippen molar-refractivity contribution in [1.82, 2.24) is 25.2 Å². The van der Waals surface area contributed by atoms with E-state index in [0.717, 1.165) is 0 Å². The van der Waals surface area contributed by atoms with Gasteiger partial charge in [-0.1, -0.05) is 37.3 Å². The molecular weight excluding hydrogens is 346 g/mol. The average Bonchev–Trinajstić information content (AvgIpc) is 3.15. The predicted octanol–water partition coefficient (Wildman–Crippen LogP) is 1.83. The van der Waals surface area contributed by atoms with Gasteiger partial charge >= 0.3 is 6.03 Å². The van der Waals surface area contributed by atoms with E-state index in [4.69, 9.17) is 4.74 Å². The van der Waals surface area contributed by atoms with E-state index in [1.165, 1.54) is 5.56 Å². The van der Waals surface area contributed by atoms with Gasteiger partial charge in [-0.05, 0) is 5.56 Å². The molecule has 0 bridgehead atoms. The van der Waals surface area contributed by atoms with Gasteiger partial charge in [0.05, 0.1) is 18.2 Å². The Morgan fingerprint density at radius 1 is 1.30 bits per heavy atom. The lowest BCUT2D eigenvalue weighted by atomic mass is 10.0. The number of imidazole rings is 1. The van der Waals surface area contributed by atoms with Crippen molar-refractivity contribution < 1.29 is 14.3 Å². The third-order valence-corrected chi connectivity index (χ3v) is 4.58. The van der Waals surface area contributed by atoms with Crippen LogP contribution in [0.15, 0.2) is 48.8 Å². The van der Waals surface area contributed by atoms with Gasteiger partial charge in [-0.2, -0.15) is 5.10 Å². The number of rotatable bonds is 5. The molecule has 8 nitrogen and oxygen atoms in total. The largest absolute Gasteiger partial charge is 0.489 e. The molecule has 0 spiro atoms. The summed E-state index contributed by atoms with van der Waals surface area (Å²) in [5, 5.41) is 9.33. The fourth-order valence-electron chi connectivity index (χ4n) is 3.04. The van der Waals surface area contributed by atoms with E-state index in [1.807, 2.05) is 18.2 Å². The van der Waals surface area contributed by atoms with Crippen molar-refractivity contribution in [2.75, 3.05) is 13.2 Å². The van der Waals surface area contributed by atoms with Crippen LogP contribution in [0.3, 0.4) is 0 Å². The first-order chi connectivity index (χ1) is 13.1. The molecular formula is C19H19N5O3. The second-order valence-electron chi connectivity index (χ2n) is 6.50. The fraction of sp³-hybridized carbons (Fsp3) is 0.263. The number of urea groups is 1. The predicted molar refractivity (Wildman–Crippen MR) is 97.6 cm³/mol. The van der Waals surface area contributed by atoms with Gasteiger partial charge < -0.3 is 10.1 Å². The Morgan fingerprint density at radius 3 is 2.89 bits per heavy atom. The standard InChI is InChI=1S/C19H19N5O3/c1-12(13-5-3-2-4-6-13)11-27-16-9-15(23-24-8-7-20-17(16)24)14-10-21-19(26)22-18(14)25/h2-9,12,14H,10-11H2,1H3,(H2,21,22,25,26). The van der Waals surface area contributed by atoms with Gasteiger partial charge in [0.2, 0.25) is 5.91 Å². The zero-order valence-corrected chi connectivity index (χ0v) is 14.8. The van der Waals surface area contributed by atoms with Crippen LogP contribution in [-0.2, 0) is 4.79 Å². The number of benzene rings is 1. The van der Waals surface area contributed by atoms with Crippen molar-refractivity contribution >= 4 is 17.6 Å². The third kappa shape index (κ3) is 3.46. The fourth-order valence-corrected chi connectivity index (χ4v) is 3.04. The smallest absolute Gasteiger partial charge is 0.321 e. The molecule has 2 aromatic heterocycles. The number of nitrogens with one attached hydrogen (secondary N) is 2. The minimum Gasteiger partial charge on any atom is -0.489 e. The lowest BCUT2D eigenvalue weighted by molar-refractivity contribution is -0.122. The van der Waals surface area contributed by atoms with Gasteiger partial charge in [0.15, 0.2) is 11.4 Å². The zero-order valence-electron chi connectivity index (χ0n) is 14.8. The Balaban J connectivity index is 1.59. The number of aromatic nitrogens is 3. The van der Waals surface area contributed by atoms with E-state index < -0.39 is 11.9 Å². The van der Waals surface area contributed by atoms with Crippen molar-refractivity contribution in [2.24, 2.45) is 0 Å². The van der Waals surface area contributed by atoms with Crippen molar-refractivity contribution in [3.63, 3.8) is 0 Å². The second kappa shape index (κ2) is 7.06. The third-order valence-electron chi connectivity index (χ3n) is 4.58. The van der Waals surface area contributed by atoms with Crippen molar-refractivity contribution in [1.29, 1.82) is 0 Å². The van der Waals surface area contributed by atoms with E-state index in [0.29, 0.717) is 23.7 Å². The second-order valence-corrected chi connectivity index (χ2v) is 6.50. The zero-order chi connectivity index (χ0) is 18.8. The molecule has 138 valence electrons. The molecule has 2 atom stereocenters. The summed E-state index contributed by atoms with van der Waals surface area (Å²) in [6, 6.07) is 11.3. The van der Waals surface area contributed by atoms with Crippen LogP contribution < -0.4 is 15.4 Å². The van der Waals surface area contributed by atoms with E-state index in [2.05, 4.69) is 39.8 Å². The topological polar surface area (TPSA) is 97.6 Å². The lowest BCUT2D eigenvalue weighted by Gasteiger charge is -2.22. The summed E-state index contributed by atoms with van der Waals surface area (Å²) in [6.45, 7) is 2.74. The van der Waals surface area contributed by atoms with Crippen LogP contribution in [0.1, 0.15) is 30.0 Å². The molecule has 1 aliphatic rings. The molecule has 2 unspecified atom stereocenters. The molecule has 3 amide bonds. The molecule has 0 aliphatic carbocycles. The molecule has 2 N–H and O–H groups in total. The highest BCUT2D eigenvalue weighted by Gasteiger charge is 2.30. The van der Waals surface area contributed by atoms with Crippen LogP contribution in [0.4, 0.5) is 4.79 Å². The molecule has 0 radical (unpaired) electrons. The molecule has 3 aromatic rings. The van der Waals surface area contributed by atoms with Gasteiger partial charge in [0.1, 0.15) is 0 Å². The van der Waals surface area contributed by atoms with Crippen molar-refractivity contribution in [3.05, 3.63) is 60.0 Å². The van der Waals surface area contributed by atoms with Gasteiger partial charge in [-0.3, -0.25) is 10.1 Å². The van der Waals surface area contributed by atoms with E-state index in [9.17, 15) is 9.59 Å². The molecule has 1 aromatic carbocycles. The first kappa shape index (κ1) is 17.0. The Hall–Kier alpha value is -3.42. The normalized spacial score (nSPS) is 18.0. The van der Waals surface area contributed by atoms with Crippen LogP contribution >= 0.6 is 0 Å². The van der Waals surface area contributed by atoms with Gasteiger partial charge in [0, 0.05) is 30.9 Å². The molecule has 4 rings (SSSR count). The molecule has 27 heavy (non-hydrogen) atoms. The molecule has 8 heteroatoms. The number of imide groups is 1. The lowest BCUT2D eigenvalue weighted by Crippen LogP contribution is -2.51. The number of carbonyl (C=O) groups is 2. The number of hydrogen-bond donors (Lipinski definition) is 2. The van der Waals surface area contributed by atoms with Crippen LogP contribution in [0, 0.1) is 0 Å². The maximum Gasteiger partial charge on any atom is 0.321 e. The Labute approximate surface area is 155 Å². The summed E-state index contributed by atoms with van der Waals surface area (Å²) in [4.78, 5) is 27.8. The minimum absolute atomic E-state index is 0.190. The molecule has 1 saturated heterocycles. The number of amides is 3. The van der Waals surface area contributed by atoms with Gasteiger partial charge in [0.25, 0.3) is 0 Å². The quantitative estimate of drug-likeness (QED) is 0.719. The molecule has 1 fully saturated rings. The maximum atomic E-state index is 12.2.